The lowest BCUT2D eigenvalue weighted by Crippen LogP contribution is -2.48. The third-order valence-corrected chi connectivity index (χ3v) is 5.12. The molecule has 0 radical (unpaired) electrons. The summed E-state index contributed by atoms with van der Waals surface area (Å²) < 4.78 is 76.6. The first-order valence-electron chi connectivity index (χ1n) is 15.3. The number of hydrogen-bond acceptors (Lipinski definition) is 6. The van der Waals surface area contributed by atoms with Gasteiger partial charge in [-0.15, -0.1) is 10.2 Å². The average molecular weight is 473 g/mol. The van der Waals surface area contributed by atoms with Crippen LogP contribution in [-0.4, -0.2) is 50.0 Å². The first-order valence-corrected chi connectivity index (χ1v) is 10.8. The van der Waals surface area contributed by atoms with Gasteiger partial charge in [-0.25, -0.2) is 4.79 Å². The highest BCUT2D eigenvalue weighted by molar-refractivity contribution is 5.85. The van der Waals surface area contributed by atoms with E-state index in [0.29, 0.717) is 17.0 Å². The van der Waals surface area contributed by atoms with Crippen LogP contribution in [0.1, 0.15) is 64.6 Å². The molecule has 8 nitrogen and oxygen atoms in total. The lowest BCUT2D eigenvalue weighted by Gasteiger charge is -2.33. The molecule has 1 aromatic heterocycles. The van der Waals surface area contributed by atoms with E-state index in [4.69, 9.17) is 17.1 Å². The van der Waals surface area contributed by atoms with Gasteiger partial charge in [-0.3, -0.25) is 4.79 Å². The summed E-state index contributed by atoms with van der Waals surface area (Å²) >= 11 is 0. The number of aromatic amines is 1. The highest BCUT2D eigenvalue weighted by Crippen LogP contribution is 2.30. The summed E-state index contributed by atoms with van der Waals surface area (Å²) in [6.07, 6.45) is -11.3. The second-order valence-electron chi connectivity index (χ2n) is 7.73. The van der Waals surface area contributed by atoms with Gasteiger partial charge in [-0.05, 0) is 41.1 Å². The maximum absolute atomic E-state index is 13.8. The van der Waals surface area contributed by atoms with Crippen molar-refractivity contribution in [1.82, 2.24) is 25.5 Å². The molecule has 1 atom stereocenters. The number of rotatable bonds is 11. The standard InChI is InChI=1S/C26H33N5O3/c1-5-7-12-23(32)31(24(18(3)4)26(33)34-6-2)17-19-13-15-20(16-14-19)21-10-8-9-11-22(21)25-27-29-30-28-25/h8-11,13-16,18,24H,5-7,12,17H2,1-4H3,(H,27,28,29,30)/t24-/m0/s1/i1D3,5D2,7D2,12D2. The molecule has 1 amide bonds. The number of ether oxygens (including phenoxy) is 1. The van der Waals surface area contributed by atoms with Crippen LogP contribution < -0.4 is 0 Å². The smallest absolute Gasteiger partial charge is 0.329 e. The van der Waals surface area contributed by atoms with Crippen molar-refractivity contribution in [2.24, 2.45) is 5.92 Å². The molecule has 0 unspecified atom stereocenters. The molecule has 0 bridgehead atoms. The molecule has 3 aromatic rings. The van der Waals surface area contributed by atoms with Crippen LogP contribution in [0.4, 0.5) is 0 Å². The molecule has 2 aromatic carbocycles. The quantitative estimate of drug-likeness (QED) is 0.408. The summed E-state index contributed by atoms with van der Waals surface area (Å²) in [4.78, 5) is 27.7. The number of benzene rings is 2. The molecule has 3 rings (SSSR count). The number of nitrogens with one attached hydrogen (secondary N) is 1. The van der Waals surface area contributed by atoms with Crippen molar-refractivity contribution in [2.75, 3.05) is 6.61 Å². The Morgan fingerprint density at radius 1 is 1.15 bits per heavy atom. The number of tetrazole rings is 1. The lowest BCUT2D eigenvalue weighted by molar-refractivity contribution is -0.157. The van der Waals surface area contributed by atoms with Crippen molar-refractivity contribution in [1.29, 1.82) is 0 Å². The highest BCUT2D eigenvalue weighted by atomic mass is 16.5. The number of nitrogens with zero attached hydrogens (tertiary/aromatic N) is 4. The molecular weight excluding hydrogens is 430 g/mol. The second kappa shape index (κ2) is 12.1. The minimum Gasteiger partial charge on any atom is -0.464 e. The van der Waals surface area contributed by atoms with E-state index in [1.54, 1.807) is 45.0 Å². The molecule has 34 heavy (non-hydrogen) atoms. The number of aromatic nitrogens is 4. The lowest BCUT2D eigenvalue weighted by atomic mass is 9.97. The van der Waals surface area contributed by atoms with E-state index in [2.05, 4.69) is 20.6 Å². The Balaban J connectivity index is 2.06. The molecule has 8 heteroatoms. The second-order valence-corrected chi connectivity index (χ2v) is 7.73. The van der Waals surface area contributed by atoms with Crippen LogP contribution in [0, 0.1) is 5.92 Å². The molecule has 0 saturated carbocycles. The summed E-state index contributed by atoms with van der Waals surface area (Å²) in [7, 11) is 0. The monoisotopic (exact) mass is 472 g/mol. The molecule has 0 spiro atoms. The zero-order chi connectivity index (χ0) is 32.4. The molecular formula is C26H33N5O3. The van der Waals surface area contributed by atoms with Gasteiger partial charge in [-0.1, -0.05) is 75.6 Å². The van der Waals surface area contributed by atoms with Crippen LogP contribution >= 0.6 is 0 Å². The fourth-order valence-electron chi connectivity index (χ4n) is 3.63. The average Bonchev–Trinajstić information content (AvgIpc) is 3.47. The van der Waals surface area contributed by atoms with Crippen molar-refractivity contribution in [2.45, 2.75) is 59.3 Å². The first kappa shape index (κ1) is 15.4. The maximum atomic E-state index is 13.8. The fraction of sp³-hybridized carbons (Fsp3) is 0.423. The SMILES string of the molecule is [2H]C([2H])([2H])C([2H])([2H])C([2H])([2H])C([2H])([2H])C(=O)N(Cc1ccc(-c2ccccc2-c2nn[nH]n2)cc1)[C@H](C(=O)OCC)C(C)C. The van der Waals surface area contributed by atoms with E-state index in [1.807, 2.05) is 24.3 Å². The van der Waals surface area contributed by atoms with Gasteiger partial charge in [0.2, 0.25) is 11.7 Å². The molecule has 0 aliphatic carbocycles. The van der Waals surface area contributed by atoms with E-state index in [0.717, 1.165) is 16.0 Å². The summed E-state index contributed by atoms with van der Waals surface area (Å²) in [6, 6.07) is 12.6. The Kier molecular flexibility index (Phi) is 5.45. The van der Waals surface area contributed by atoms with E-state index < -0.39 is 49.8 Å². The number of carbonyl (C=O) groups excluding carboxylic acids is 2. The largest absolute Gasteiger partial charge is 0.464 e. The zero-order valence-corrected chi connectivity index (χ0v) is 19.2. The number of esters is 1. The molecule has 1 N–H and O–H groups in total. The number of amides is 1. The predicted molar refractivity (Wildman–Crippen MR) is 130 cm³/mol. The Hall–Kier alpha value is -3.55. The van der Waals surface area contributed by atoms with Crippen LogP contribution in [0.15, 0.2) is 48.5 Å². The first-order chi connectivity index (χ1) is 19.9. The predicted octanol–water partition coefficient (Wildman–Crippen LogP) is 4.64. The summed E-state index contributed by atoms with van der Waals surface area (Å²) in [5, 5.41) is 14.1. The minimum absolute atomic E-state index is 0.0477. The maximum Gasteiger partial charge on any atom is 0.329 e. The normalized spacial score (nSPS) is 17.5. The minimum atomic E-state index is -3.82. The van der Waals surface area contributed by atoms with E-state index in [-0.39, 0.29) is 13.2 Å². The van der Waals surface area contributed by atoms with E-state index in [1.165, 1.54) is 0 Å². The third kappa shape index (κ3) is 6.07. The van der Waals surface area contributed by atoms with Crippen LogP contribution in [0.5, 0.6) is 0 Å². The van der Waals surface area contributed by atoms with Crippen LogP contribution in [0.25, 0.3) is 22.5 Å². The molecule has 0 aliphatic heterocycles. The molecule has 0 aliphatic rings. The van der Waals surface area contributed by atoms with E-state index >= 15 is 0 Å². The Labute approximate surface area is 213 Å². The third-order valence-electron chi connectivity index (χ3n) is 5.12. The molecule has 180 valence electrons. The van der Waals surface area contributed by atoms with Crippen molar-refractivity contribution >= 4 is 11.9 Å². The Morgan fingerprint density at radius 3 is 2.50 bits per heavy atom. The van der Waals surface area contributed by atoms with Crippen LogP contribution in [0.3, 0.4) is 0 Å². The van der Waals surface area contributed by atoms with Gasteiger partial charge in [0.25, 0.3) is 0 Å². The zero-order valence-electron chi connectivity index (χ0n) is 28.2. The highest BCUT2D eigenvalue weighted by Gasteiger charge is 2.33. The van der Waals surface area contributed by atoms with Gasteiger partial charge in [0.05, 0.1) is 6.61 Å². The van der Waals surface area contributed by atoms with Gasteiger partial charge in [0, 0.05) is 30.8 Å². The van der Waals surface area contributed by atoms with Crippen LogP contribution in [-0.2, 0) is 20.9 Å². The van der Waals surface area contributed by atoms with Crippen molar-refractivity contribution in [3.8, 4) is 22.5 Å². The number of H-pyrrole nitrogens is 1. The van der Waals surface area contributed by atoms with E-state index in [9.17, 15) is 9.59 Å². The van der Waals surface area contributed by atoms with Gasteiger partial charge in [0.1, 0.15) is 6.04 Å². The Bertz CT molecular complexity index is 1410. The Morgan fingerprint density at radius 2 is 1.88 bits per heavy atom. The fourth-order valence-corrected chi connectivity index (χ4v) is 3.63. The molecule has 0 saturated heterocycles. The van der Waals surface area contributed by atoms with Gasteiger partial charge in [-0.2, -0.15) is 5.21 Å². The van der Waals surface area contributed by atoms with Gasteiger partial charge >= 0.3 is 5.97 Å². The summed E-state index contributed by atoms with van der Waals surface area (Å²) in [5.41, 5.74) is 2.64. The van der Waals surface area contributed by atoms with Crippen molar-refractivity contribution < 1.29 is 26.7 Å². The molecule has 1 heterocycles. The van der Waals surface area contributed by atoms with Crippen molar-refractivity contribution in [3.63, 3.8) is 0 Å². The topological polar surface area (TPSA) is 101 Å². The number of hydrogen-bond donors (Lipinski definition) is 1. The molecule has 0 fully saturated rings. The van der Waals surface area contributed by atoms with Gasteiger partial charge < -0.3 is 9.64 Å². The van der Waals surface area contributed by atoms with Gasteiger partial charge in [0.15, 0.2) is 0 Å². The summed E-state index contributed by atoms with van der Waals surface area (Å²) in [6.45, 7) is 0.696. The van der Waals surface area contributed by atoms with Crippen molar-refractivity contribution in [3.05, 3.63) is 54.1 Å². The van der Waals surface area contributed by atoms with Crippen LogP contribution in [0.2, 0.25) is 0 Å². The summed E-state index contributed by atoms with van der Waals surface area (Å²) in [5.74, 6) is -2.72. The number of carbonyl (C=O) groups is 2.